The number of hydrogen-bond acceptors (Lipinski definition) is 3. The van der Waals surface area contributed by atoms with Crippen molar-refractivity contribution in [2.24, 2.45) is 0 Å². The number of aromatic nitrogens is 1. The predicted octanol–water partition coefficient (Wildman–Crippen LogP) is 2.66. The van der Waals surface area contributed by atoms with Crippen molar-refractivity contribution in [1.29, 1.82) is 0 Å². The summed E-state index contributed by atoms with van der Waals surface area (Å²) in [4.78, 5) is 3.90. The van der Waals surface area contributed by atoms with Crippen LogP contribution in [-0.2, 0) is 13.2 Å². The van der Waals surface area contributed by atoms with Crippen molar-refractivity contribution >= 4 is 0 Å². The van der Waals surface area contributed by atoms with Crippen LogP contribution in [0.1, 0.15) is 11.1 Å². The molecule has 100 valence electrons. The molecule has 0 amide bonds. The number of pyridine rings is 1. The van der Waals surface area contributed by atoms with E-state index in [1.807, 2.05) is 0 Å². The lowest BCUT2D eigenvalue weighted by Crippen LogP contribution is -2.07. The molecule has 19 heavy (non-hydrogen) atoms. The summed E-state index contributed by atoms with van der Waals surface area (Å²) in [5.74, 6) is -1.76. The number of nitrogens with one attached hydrogen (secondary N) is 1. The summed E-state index contributed by atoms with van der Waals surface area (Å²) in [6.07, 6.45) is 3.21. The van der Waals surface area contributed by atoms with Gasteiger partial charge in [-0.15, -0.1) is 0 Å². The molecule has 3 nitrogen and oxygen atoms in total. The minimum absolute atomic E-state index is 0.0764. The largest absolute Gasteiger partial charge is 0.483 e. The molecule has 0 radical (unpaired) electrons. The van der Waals surface area contributed by atoms with Gasteiger partial charge in [-0.2, -0.15) is 0 Å². The molecule has 0 spiro atoms. The van der Waals surface area contributed by atoms with Crippen molar-refractivity contribution in [1.82, 2.24) is 10.3 Å². The quantitative estimate of drug-likeness (QED) is 0.901. The van der Waals surface area contributed by atoms with E-state index >= 15 is 0 Å². The Kier molecular flexibility index (Phi) is 4.41. The molecule has 1 aromatic carbocycles. The Hall–Kier alpha value is -2.01. The highest BCUT2D eigenvalue weighted by atomic mass is 19.1. The first-order valence-corrected chi connectivity index (χ1v) is 5.85. The summed E-state index contributed by atoms with van der Waals surface area (Å²) in [5, 5.41) is 2.83. The van der Waals surface area contributed by atoms with Crippen molar-refractivity contribution in [3.8, 4) is 5.75 Å². The van der Waals surface area contributed by atoms with E-state index in [0.29, 0.717) is 12.1 Å². The zero-order chi connectivity index (χ0) is 13.7. The maximum absolute atomic E-state index is 13.7. The highest BCUT2D eigenvalue weighted by Crippen LogP contribution is 2.24. The van der Waals surface area contributed by atoms with Gasteiger partial charge < -0.3 is 10.1 Å². The third kappa shape index (κ3) is 3.48. The van der Waals surface area contributed by atoms with Crippen molar-refractivity contribution in [2.45, 2.75) is 13.2 Å². The van der Waals surface area contributed by atoms with E-state index in [2.05, 4.69) is 10.3 Å². The van der Waals surface area contributed by atoms with Crippen molar-refractivity contribution in [3.63, 3.8) is 0 Å². The molecule has 1 heterocycles. The average Bonchev–Trinajstić information content (AvgIpc) is 2.39. The third-order valence-electron chi connectivity index (χ3n) is 2.54. The van der Waals surface area contributed by atoms with Crippen LogP contribution in [0, 0.1) is 11.6 Å². The van der Waals surface area contributed by atoms with E-state index in [1.165, 1.54) is 12.1 Å². The maximum Gasteiger partial charge on any atom is 0.191 e. The summed E-state index contributed by atoms with van der Waals surface area (Å²) in [6.45, 7) is 0.476. The Bertz CT molecular complexity index is 523. The van der Waals surface area contributed by atoms with Gasteiger partial charge in [0, 0.05) is 24.5 Å². The highest BCUT2D eigenvalue weighted by Gasteiger charge is 2.12. The third-order valence-corrected chi connectivity index (χ3v) is 2.54. The molecule has 0 saturated carbocycles. The first kappa shape index (κ1) is 13.4. The standard InChI is InChI=1S/C14H14F2N2O/c1-17-7-11-5-12(15)14(13(16)6-11)19-9-10-3-2-4-18-8-10/h2-6,8,17H,7,9H2,1H3. The van der Waals surface area contributed by atoms with Gasteiger partial charge in [-0.25, -0.2) is 8.78 Å². The van der Waals surface area contributed by atoms with E-state index in [1.54, 1.807) is 31.6 Å². The summed E-state index contributed by atoms with van der Waals surface area (Å²) in [7, 11) is 1.71. The second-order valence-electron chi connectivity index (χ2n) is 4.07. The lowest BCUT2D eigenvalue weighted by molar-refractivity contribution is 0.273. The van der Waals surface area contributed by atoms with Crippen LogP contribution in [0.4, 0.5) is 8.78 Å². The topological polar surface area (TPSA) is 34.1 Å². The maximum atomic E-state index is 13.7. The van der Waals surface area contributed by atoms with Crippen molar-refractivity contribution in [2.75, 3.05) is 7.05 Å². The van der Waals surface area contributed by atoms with Crippen LogP contribution < -0.4 is 10.1 Å². The summed E-state index contributed by atoms with van der Waals surface area (Å²) in [6, 6.07) is 6.04. The highest BCUT2D eigenvalue weighted by molar-refractivity contribution is 5.31. The summed E-state index contributed by atoms with van der Waals surface area (Å²) < 4.78 is 32.6. The zero-order valence-corrected chi connectivity index (χ0v) is 10.5. The van der Waals surface area contributed by atoms with E-state index < -0.39 is 11.6 Å². The van der Waals surface area contributed by atoms with Crippen LogP contribution in [0.3, 0.4) is 0 Å². The molecule has 0 saturated heterocycles. The van der Waals surface area contributed by atoms with E-state index in [-0.39, 0.29) is 12.4 Å². The summed E-state index contributed by atoms with van der Waals surface area (Å²) >= 11 is 0. The van der Waals surface area contributed by atoms with Crippen LogP contribution in [0.25, 0.3) is 0 Å². The molecule has 0 bridgehead atoms. The molecular formula is C14H14F2N2O. The molecule has 1 aromatic heterocycles. The van der Waals surface area contributed by atoms with Gasteiger partial charge in [0.15, 0.2) is 17.4 Å². The Morgan fingerprint density at radius 3 is 2.53 bits per heavy atom. The van der Waals surface area contributed by atoms with Gasteiger partial charge in [0.05, 0.1) is 0 Å². The lowest BCUT2D eigenvalue weighted by Gasteiger charge is -2.10. The molecular weight excluding hydrogens is 250 g/mol. The van der Waals surface area contributed by atoms with Crippen LogP contribution in [-0.4, -0.2) is 12.0 Å². The molecule has 5 heteroatoms. The second kappa shape index (κ2) is 6.24. The number of ether oxygens (including phenoxy) is 1. The number of rotatable bonds is 5. The Balaban J connectivity index is 2.12. The molecule has 2 aromatic rings. The van der Waals surface area contributed by atoms with Crippen LogP contribution in [0.5, 0.6) is 5.75 Å². The first-order valence-electron chi connectivity index (χ1n) is 5.85. The molecule has 2 rings (SSSR count). The number of nitrogens with zero attached hydrogens (tertiary/aromatic N) is 1. The Morgan fingerprint density at radius 2 is 1.95 bits per heavy atom. The molecule has 0 atom stereocenters. The van der Waals surface area contributed by atoms with E-state index in [9.17, 15) is 8.78 Å². The van der Waals surface area contributed by atoms with Gasteiger partial charge >= 0.3 is 0 Å². The SMILES string of the molecule is CNCc1cc(F)c(OCc2cccnc2)c(F)c1. The van der Waals surface area contributed by atoms with E-state index in [0.717, 1.165) is 5.56 Å². The lowest BCUT2D eigenvalue weighted by atomic mass is 10.2. The van der Waals surface area contributed by atoms with Gasteiger partial charge in [0.25, 0.3) is 0 Å². The normalized spacial score (nSPS) is 10.5. The molecule has 0 aliphatic carbocycles. The zero-order valence-electron chi connectivity index (χ0n) is 10.5. The molecule has 0 unspecified atom stereocenters. The summed E-state index contributed by atoms with van der Waals surface area (Å²) in [5.41, 5.74) is 1.28. The van der Waals surface area contributed by atoms with Crippen LogP contribution in [0.15, 0.2) is 36.7 Å². The fourth-order valence-corrected chi connectivity index (χ4v) is 1.70. The van der Waals surface area contributed by atoms with E-state index in [4.69, 9.17) is 4.74 Å². The monoisotopic (exact) mass is 264 g/mol. The van der Waals surface area contributed by atoms with Crippen LogP contribution in [0.2, 0.25) is 0 Å². The van der Waals surface area contributed by atoms with Gasteiger partial charge in [0.1, 0.15) is 6.61 Å². The van der Waals surface area contributed by atoms with Gasteiger partial charge in [-0.05, 0) is 30.8 Å². The predicted molar refractivity (Wildman–Crippen MR) is 67.7 cm³/mol. The number of hydrogen-bond donors (Lipinski definition) is 1. The van der Waals surface area contributed by atoms with Gasteiger partial charge in [-0.3, -0.25) is 4.98 Å². The second-order valence-corrected chi connectivity index (χ2v) is 4.07. The average molecular weight is 264 g/mol. The molecule has 1 N–H and O–H groups in total. The fraction of sp³-hybridized carbons (Fsp3) is 0.214. The molecule has 0 aliphatic rings. The van der Waals surface area contributed by atoms with Crippen LogP contribution >= 0.6 is 0 Å². The van der Waals surface area contributed by atoms with Crippen molar-refractivity contribution < 1.29 is 13.5 Å². The van der Waals surface area contributed by atoms with Crippen molar-refractivity contribution in [3.05, 3.63) is 59.4 Å². The van der Waals surface area contributed by atoms with Gasteiger partial charge in [-0.1, -0.05) is 6.07 Å². The Labute approximate surface area is 110 Å². The van der Waals surface area contributed by atoms with Gasteiger partial charge in [0.2, 0.25) is 0 Å². The molecule has 0 fully saturated rings. The number of benzene rings is 1. The minimum Gasteiger partial charge on any atom is -0.483 e. The Morgan fingerprint density at radius 1 is 1.21 bits per heavy atom. The fourth-order valence-electron chi connectivity index (χ4n) is 1.70. The first-order chi connectivity index (χ1) is 9.20. The molecule has 0 aliphatic heterocycles. The minimum atomic E-state index is -0.700. The smallest absolute Gasteiger partial charge is 0.191 e. The number of halogens is 2.